The number of benzene rings is 3. The number of aromatic hydroxyl groups is 2. The fourth-order valence-corrected chi connectivity index (χ4v) is 5.30. The van der Waals surface area contributed by atoms with Crippen LogP contribution in [0.2, 0.25) is 0 Å². The Kier molecular flexibility index (Phi) is 13.4. The molecule has 1 aromatic heterocycles. The minimum Gasteiger partial charge on any atom is -0.507 e. The van der Waals surface area contributed by atoms with Crippen molar-refractivity contribution in [1.82, 2.24) is 15.0 Å². The van der Waals surface area contributed by atoms with E-state index in [-0.39, 0.29) is 23.1 Å². The Morgan fingerprint density at radius 3 is 1.49 bits per heavy atom. The average Bonchev–Trinajstić information content (AvgIpc) is 3.09. The Balaban J connectivity index is 1.66. The van der Waals surface area contributed by atoms with Gasteiger partial charge in [-0.1, -0.05) is 66.2 Å². The average molecular weight is 641 g/mol. The minimum atomic E-state index is -0.0246. The monoisotopic (exact) mass is 640 g/mol. The van der Waals surface area contributed by atoms with Crippen molar-refractivity contribution in [3.8, 4) is 62.9 Å². The molecule has 0 fully saturated rings. The van der Waals surface area contributed by atoms with E-state index in [1.165, 1.54) is 0 Å². The van der Waals surface area contributed by atoms with Crippen LogP contribution in [0.1, 0.15) is 79.1 Å². The number of nitrogens with zero attached hydrogens (tertiary/aromatic N) is 3. The molecule has 250 valence electrons. The van der Waals surface area contributed by atoms with Crippen LogP contribution in [0.15, 0.2) is 60.7 Å². The van der Waals surface area contributed by atoms with Crippen LogP contribution < -0.4 is 14.2 Å². The molecule has 3 N–H and O–H groups in total. The van der Waals surface area contributed by atoms with Gasteiger partial charge >= 0.3 is 0 Å². The second-order valence-electron chi connectivity index (χ2n) is 11.9. The lowest BCUT2D eigenvalue weighted by Crippen LogP contribution is -2.11. The van der Waals surface area contributed by atoms with Crippen molar-refractivity contribution in [3.63, 3.8) is 0 Å². The number of nitrogens with one attached hydrogen (secondary N) is 1. The molecule has 4 aromatic rings. The van der Waals surface area contributed by atoms with E-state index in [2.05, 4.69) is 27.7 Å². The molecule has 3 aromatic carbocycles. The lowest BCUT2D eigenvalue weighted by molar-refractivity contribution is 0.232. The highest BCUT2D eigenvalue weighted by Crippen LogP contribution is 2.36. The number of rotatable bonds is 19. The second kappa shape index (κ2) is 17.9. The number of hydrogen-bond acceptors (Lipinski definition) is 9. The standard InChI is InChI=1S/C38H48N4O5/c1-5-9-11-26(7-3)23-45-30-17-19-32(34(43)21-30)37-40-36(28-13-15-29(16-14-28)47-25-39)41-38(42-37)33-20-18-31(22-35(33)44)46-24-27(8-4)12-10-6-2/h13-22,25-27,39,43-44H,5-12,23-24H2,1-4H3. The number of unbranched alkanes of at least 4 members (excludes halogenated alkanes) is 2. The molecule has 1 heterocycles. The number of phenolic OH excluding ortho intramolecular Hbond substituents is 2. The maximum atomic E-state index is 11.1. The van der Waals surface area contributed by atoms with Gasteiger partial charge in [0.05, 0.1) is 24.3 Å². The number of phenols is 2. The summed E-state index contributed by atoms with van der Waals surface area (Å²) < 4.78 is 17.3. The largest absolute Gasteiger partial charge is 0.507 e. The summed E-state index contributed by atoms with van der Waals surface area (Å²) in [5.74, 6) is 3.34. The van der Waals surface area contributed by atoms with Crippen LogP contribution in [0.5, 0.6) is 28.7 Å². The normalized spacial score (nSPS) is 12.3. The highest BCUT2D eigenvalue weighted by atomic mass is 16.5. The predicted octanol–water partition coefficient (Wildman–Crippen LogP) is 9.46. The third-order valence-electron chi connectivity index (χ3n) is 8.42. The topological polar surface area (TPSA) is 131 Å². The molecule has 0 aliphatic carbocycles. The van der Waals surface area contributed by atoms with Crippen LogP contribution in [0.4, 0.5) is 0 Å². The molecule has 0 bridgehead atoms. The van der Waals surface area contributed by atoms with Crippen molar-refractivity contribution >= 4 is 6.40 Å². The third-order valence-corrected chi connectivity index (χ3v) is 8.42. The SMILES string of the molecule is CCCCC(CC)COc1ccc(-c2nc(-c3ccc(OC=N)cc3)nc(-c3ccc(OCC(CC)CCCC)cc3O)n2)c(O)c1. The van der Waals surface area contributed by atoms with E-state index in [0.29, 0.717) is 64.8 Å². The van der Waals surface area contributed by atoms with E-state index in [1.54, 1.807) is 48.5 Å². The molecular formula is C38H48N4O5. The van der Waals surface area contributed by atoms with Crippen molar-refractivity contribution in [2.24, 2.45) is 11.8 Å². The molecule has 0 saturated heterocycles. The summed E-state index contributed by atoms with van der Waals surface area (Å²) in [4.78, 5) is 14.1. The summed E-state index contributed by atoms with van der Waals surface area (Å²) in [5, 5.41) is 29.4. The van der Waals surface area contributed by atoms with Crippen molar-refractivity contribution in [2.45, 2.75) is 79.1 Å². The zero-order valence-electron chi connectivity index (χ0n) is 28.0. The molecule has 0 amide bonds. The zero-order chi connectivity index (χ0) is 33.6. The first-order chi connectivity index (χ1) is 22.9. The molecule has 2 unspecified atom stereocenters. The smallest absolute Gasteiger partial charge is 0.173 e. The molecular weight excluding hydrogens is 592 g/mol. The second-order valence-corrected chi connectivity index (χ2v) is 11.9. The number of ether oxygens (including phenoxy) is 3. The summed E-state index contributed by atoms with van der Waals surface area (Å²) in [7, 11) is 0. The molecule has 9 nitrogen and oxygen atoms in total. The van der Waals surface area contributed by atoms with Gasteiger partial charge in [0, 0.05) is 17.7 Å². The van der Waals surface area contributed by atoms with Crippen molar-refractivity contribution in [3.05, 3.63) is 60.7 Å². The fourth-order valence-electron chi connectivity index (χ4n) is 5.30. The van der Waals surface area contributed by atoms with Gasteiger partial charge in [0.25, 0.3) is 0 Å². The van der Waals surface area contributed by atoms with Gasteiger partial charge in [-0.15, -0.1) is 0 Å². The van der Waals surface area contributed by atoms with Gasteiger partial charge < -0.3 is 24.4 Å². The maximum Gasteiger partial charge on any atom is 0.173 e. The predicted molar refractivity (Wildman–Crippen MR) is 186 cm³/mol. The summed E-state index contributed by atoms with van der Waals surface area (Å²) in [6, 6.07) is 17.2. The summed E-state index contributed by atoms with van der Waals surface area (Å²) >= 11 is 0. The Morgan fingerprint density at radius 1 is 0.638 bits per heavy atom. The van der Waals surface area contributed by atoms with Crippen LogP contribution in [-0.2, 0) is 0 Å². The van der Waals surface area contributed by atoms with E-state index >= 15 is 0 Å². The van der Waals surface area contributed by atoms with Gasteiger partial charge in [0.1, 0.15) is 28.7 Å². The van der Waals surface area contributed by atoms with Crippen molar-refractivity contribution in [2.75, 3.05) is 13.2 Å². The molecule has 0 spiro atoms. The van der Waals surface area contributed by atoms with Gasteiger partial charge in [0.2, 0.25) is 0 Å². The van der Waals surface area contributed by atoms with Gasteiger partial charge in [-0.3, -0.25) is 5.41 Å². The van der Waals surface area contributed by atoms with E-state index in [9.17, 15) is 10.2 Å². The van der Waals surface area contributed by atoms with Gasteiger partial charge in [-0.25, -0.2) is 15.0 Å². The highest BCUT2D eigenvalue weighted by Gasteiger charge is 2.18. The summed E-state index contributed by atoms with van der Waals surface area (Å²) in [6.45, 7) is 9.89. The van der Waals surface area contributed by atoms with E-state index < -0.39 is 0 Å². The fraction of sp³-hybridized carbons (Fsp3) is 0.421. The number of hydrogen-bond donors (Lipinski definition) is 3. The van der Waals surface area contributed by atoms with Gasteiger partial charge in [-0.05, 0) is 73.2 Å². The molecule has 2 atom stereocenters. The lowest BCUT2D eigenvalue weighted by atomic mass is 10.0. The molecule has 0 radical (unpaired) electrons. The Morgan fingerprint density at radius 2 is 1.09 bits per heavy atom. The van der Waals surface area contributed by atoms with E-state index in [1.807, 2.05) is 12.1 Å². The molecule has 47 heavy (non-hydrogen) atoms. The molecule has 4 rings (SSSR count). The van der Waals surface area contributed by atoms with Crippen LogP contribution in [0.3, 0.4) is 0 Å². The first-order valence-electron chi connectivity index (χ1n) is 16.8. The first-order valence-corrected chi connectivity index (χ1v) is 16.8. The van der Waals surface area contributed by atoms with Crippen molar-refractivity contribution in [1.29, 1.82) is 5.41 Å². The quantitative estimate of drug-likeness (QED) is 0.0682. The third kappa shape index (κ3) is 9.91. The first kappa shape index (κ1) is 35.2. The highest BCUT2D eigenvalue weighted by molar-refractivity contribution is 5.73. The van der Waals surface area contributed by atoms with Crippen LogP contribution >= 0.6 is 0 Å². The summed E-state index contributed by atoms with van der Waals surface area (Å²) in [5.41, 5.74) is 1.48. The van der Waals surface area contributed by atoms with Gasteiger partial charge in [0.15, 0.2) is 23.9 Å². The maximum absolute atomic E-state index is 11.1. The Hall–Kier alpha value is -4.66. The number of aromatic nitrogens is 3. The van der Waals surface area contributed by atoms with E-state index in [0.717, 1.165) is 57.8 Å². The minimum absolute atomic E-state index is 0.0246. The summed E-state index contributed by atoms with van der Waals surface area (Å²) in [6.07, 6.45) is 9.79. The zero-order valence-corrected chi connectivity index (χ0v) is 28.0. The Bertz CT molecular complexity index is 1490. The van der Waals surface area contributed by atoms with Crippen molar-refractivity contribution < 1.29 is 24.4 Å². The van der Waals surface area contributed by atoms with Gasteiger partial charge in [-0.2, -0.15) is 0 Å². The molecule has 9 heteroatoms. The molecule has 0 aliphatic rings. The van der Waals surface area contributed by atoms with Crippen LogP contribution in [0, 0.1) is 17.2 Å². The van der Waals surface area contributed by atoms with E-state index in [4.69, 9.17) is 34.6 Å². The lowest BCUT2D eigenvalue weighted by Gasteiger charge is -2.16. The molecule has 0 aliphatic heterocycles. The Labute approximate surface area is 278 Å². The molecule has 0 saturated carbocycles. The van der Waals surface area contributed by atoms with Crippen LogP contribution in [0.25, 0.3) is 34.2 Å². The van der Waals surface area contributed by atoms with Crippen LogP contribution in [-0.4, -0.2) is 44.8 Å².